The number of hydrogen-bond donors (Lipinski definition) is 3. The van der Waals surface area contributed by atoms with Crippen LogP contribution in [0.1, 0.15) is 38.4 Å². The highest BCUT2D eigenvalue weighted by atomic mass is 32.1. The molecule has 1 fully saturated rings. The van der Waals surface area contributed by atoms with Crippen LogP contribution in [-0.4, -0.2) is 47.8 Å². The fourth-order valence-corrected chi connectivity index (χ4v) is 4.40. The number of halogens is 1. The highest BCUT2D eigenvalue weighted by molar-refractivity contribution is 7.18. The van der Waals surface area contributed by atoms with Gasteiger partial charge in [-0.05, 0) is 63.3 Å². The number of carbonyl (C=O) groups is 2. The fraction of sp³-hybridized carbons (Fsp3) is 0.261. The normalized spacial score (nSPS) is 14.2. The van der Waals surface area contributed by atoms with Crippen LogP contribution < -0.4 is 16.4 Å². The van der Waals surface area contributed by atoms with Gasteiger partial charge in [-0.15, -0.1) is 0 Å². The fourth-order valence-electron chi connectivity index (χ4n) is 3.54. The van der Waals surface area contributed by atoms with E-state index in [2.05, 4.69) is 20.5 Å². The molecule has 0 saturated heterocycles. The highest BCUT2D eigenvalue weighted by Gasteiger charge is 2.44. The van der Waals surface area contributed by atoms with Gasteiger partial charge in [0.25, 0.3) is 5.91 Å². The maximum atomic E-state index is 14.0. The quantitative estimate of drug-likeness (QED) is 0.450. The zero-order valence-electron chi connectivity index (χ0n) is 17.8. The van der Waals surface area contributed by atoms with Gasteiger partial charge in [-0.2, -0.15) is 0 Å². The van der Waals surface area contributed by atoms with E-state index in [0.29, 0.717) is 16.4 Å². The SMILES string of the molecule is CN(C)CC1(NC(=O)c2ccc(Nc3nc(N)c(C(=O)c4ccccc4F)s3)cc2)CC1. The molecule has 1 aliphatic carbocycles. The first kappa shape index (κ1) is 21.9. The van der Waals surface area contributed by atoms with Crippen LogP contribution in [0.4, 0.5) is 21.0 Å². The number of rotatable bonds is 8. The van der Waals surface area contributed by atoms with Crippen molar-refractivity contribution in [1.29, 1.82) is 0 Å². The molecule has 7 nitrogen and oxygen atoms in total. The molecule has 0 unspecified atom stereocenters. The minimum atomic E-state index is -0.604. The van der Waals surface area contributed by atoms with Crippen molar-refractivity contribution in [2.24, 2.45) is 0 Å². The molecular formula is C23H24FN5O2S. The summed E-state index contributed by atoms with van der Waals surface area (Å²) in [5.74, 6) is -1.18. The number of anilines is 3. The Morgan fingerprint density at radius 3 is 2.47 bits per heavy atom. The third kappa shape index (κ3) is 4.79. The summed E-state index contributed by atoms with van der Waals surface area (Å²) in [5.41, 5.74) is 6.98. The van der Waals surface area contributed by atoms with Crippen molar-refractivity contribution >= 4 is 39.7 Å². The Kier molecular flexibility index (Phi) is 5.94. The van der Waals surface area contributed by atoms with Crippen LogP contribution in [0.15, 0.2) is 48.5 Å². The number of likely N-dealkylation sites (N-methyl/N-ethyl adjacent to an activating group) is 1. The van der Waals surface area contributed by atoms with Gasteiger partial charge in [-0.25, -0.2) is 9.37 Å². The number of carbonyl (C=O) groups excluding carboxylic acids is 2. The summed E-state index contributed by atoms with van der Waals surface area (Å²) in [4.78, 5) is 31.7. The number of thiazole rings is 1. The topological polar surface area (TPSA) is 100 Å². The smallest absolute Gasteiger partial charge is 0.251 e. The molecule has 3 aromatic rings. The second-order valence-electron chi connectivity index (χ2n) is 8.22. The first-order chi connectivity index (χ1) is 15.3. The van der Waals surface area contributed by atoms with Gasteiger partial charge in [0.1, 0.15) is 16.5 Å². The van der Waals surface area contributed by atoms with Crippen molar-refractivity contribution in [3.8, 4) is 0 Å². The van der Waals surface area contributed by atoms with Crippen LogP contribution in [0.3, 0.4) is 0 Å². The lowest BCUT2D eigenvalue weighted by Crippen LogP contribution is -2.43. The summed E-state index contributed by atoms with van der Waals surface area (Å²) in [6.45, 7) is 0.817. The van der Waals surface area contributed by atoms with Gasteiger partial charge in [0.15, 0.2) is 5.13 Å². The van der Waals surface area contributed by atoms with E-state index < -0.39 is 11.6 Å². The average Bonchev–Trinajstić information content (AvgIpc) is 3.39. The molecule has 1 aromatic heterocycles. The second kappa shape index (κ2) is 8.68. The lowest BCUT2D eigenvalue weighted by Gasteiger charge is -2.21. The first-order valence-corrected chi connectivity index (χ1v) is 11.0. The summed E-state index contributed by atoms with van der Waals surface area (Å²) in [6, 6.07) is 12.7. The maximum Gasteiger partial charge on any atom is 0.251 e. The first-order valence-electron chi connectivity index (χ1n) is 10.2. The number of benzene rings is 2. The number of nitrogens with zero attached hydrogens (tertiary/aromatic N) is 2. The van der Waals surface area contributed by atoms with E-state index in [1.165, 1.54) is 18.2 Å². The van der Waals surface area contributed by atoms with Gasteiger partial charge in [-0.1, -0.05) is 23.5 Å². The van der Waals surface area contributed by atoms with Gasteiger partial charge in [0, 0.05) is 17.8 Å². The van der Waals surface area contributed by atoms with Crippen molar-refractivity contribution in [3.05, 3.63) is 70.4 Å². The Morgan fingerprint density at radius 2 is 1.84 bits per heavy atom. The van der Waals surface area contributed by atoms with Crippen LogP contribution in [0, 0.1) is 5.82 Å². The zero-order chi connectivity index (χ0) is 22.9. The number of nitrogens with two attached hydrogens (primary N) is 1. The standard InChI is InChI=1S/C23H24FN5O2S/c1-29(2)13-23(11-12-23)28-21(31)14-7-9-15(10-8-14)26-22-27-20(25)19(32-22)18(30)16-5-3-4-6-17(16)24/h3-10H,11-13,25H2,1-2H3,(H,26,27)(H,28,31). The number of nitrogen functional groups attached to an aromatic ring is 1. The lowest BCUT2D eigenvalue weighted by molar-refractivity contribution is 0.0923. The van der Waals surface area contributed by atoms with Crippen LogP contribution in [-0.2, 0) is 0 Å². The van der Waals surface area contributed by atoms with Gasteiger partial charge >= 0.3 is 0 Å². The van der Waals surface area contributed by atoms with E-state index >= 15 is 0 Å². The molecule has 2 aromatic carbocycles. The number of aromatic nitrogens is 1. The zero-order valence-corrected chi connectivity index (χ0v) is 18.6. The Labute approximate surface area is 189 Å². The summed E-state index contributed by atoms with van der Waals surface area (Å²) in [6.07, 6.45) is 1.96. The van der Waals surface area contributed by atoms with Crippen LogP contribution >= 0.6 is 11.3 Å². The number of amides is 1. The van der Waals surface area contributed by atoms with E-state index in [9.17, 15) is 14.0 Å². The summed E-state index contributed by atoms with van der Waals surface area (Å²) in [7, 11) is 3.99. The molecule has 0 atom stereocenters. The van der Waals surface area contributed by atoms with E-state index in [1.807, 2.05) is 14.1 Å². The van der Waals surface area contributed by atoms with Crippen LogP contribution in [0.25, 0.3) is 0 Å². The molecular weight excluding hydrogens is 429 g/mol. The predicted octanol–water partition coefficient (Wildman–Crippen LogP) is 3.66. The van der Waals surface area contributed by atoms with Crippen molar-refractivity contribution in [2.75, 3.05) is 31.7 Å². The van der Waals surface area contributed by atoms with E-state index in [-0.39, 0.29) is 27.7 Å². The van der Waals surface area contributed by atoms with E-state index in [4.69, 9.17) is 5.73 Å². The molecule has 32 heavy (non-hydrogen) atoms. The molecule has 4 rings (SSSR count). The van der Waals surface area contributed by atoms with Gasteiger partial charge in [-0.3, -0.25) is 9.59 Å². The highest BCUT2D eigenvalue weighted by Crippen LogP contribution is 2.36. The van der Waals surface area contributed by atoms with E-state index in [1.54, 1.807) is 30.3 Å². The number of nitrogens with one attached hydrogen (secondary N) is 2. The third-order valence-electron chi connectivity index (χ3n) is 5.23. The Morgan fingerprint density at radius 1 is 1.16 bits per heavy atom. The van der Waals surface area contributed by atoms with E-state index in [0.717, 1.165) is 30.7 Å². The van der Waals surface area contributed by atoms with Gasteiger partial charge in [0.2, 0.25) is 5.78 Å². The number of ketones is 1. The Hall–Kier alpha value is -3.30. The monoisotopic (exact) mass is 453 g/mol. The van der Waals surface area contributed by atoms with Crippen LogP contribution in [0.5, 0.6) is 0 Å². The Balaban J connectivity index is 1.43. The van der Waals surface area contributed by atoms with Gasteiger partial charge in [0.05, 0.1) is 11.1 Å². The lowest BCUT2D eigenvalue weighted by atomic mass is 10.1. The molecule has 0 spiro atoms. The predicted molar refractivity (Wildman–Crippen MR) is 124 cm³/mol. The molecule has 0 radical (unpaired) electrons. The second-order valence-corrected chi connectivity index (χ2v) is 9.22. The molecule has 1 amide bonds. The number of hydrogen-bond acceptors (Lipinski definition) is 7. The third-order valence-corrected chi connectivity index (χ3v) is 6.21. The molecule has 1 heterocycles. The summed E-state index contributed by atoms with van der Waals surface area (Å²) in [5, 5.41) is 6.62. The minimum absolute atomic E-state index is 0.0392. The summed E-state index contributed by atoms with van der Waals surface area (Å²) >= 11 is 1.05. The van der Waals surface area contributed by atoms with Gasteiger partial charge < -0.3 is 21.3 Å². The van der Waals surface area contributed by atoms with Crippen LogP contribution in [0.2, 0.25) is 0 Å². The molecule has 0 aliphatic heterocycles. The van der Waals surface area contributed by atoms with Crippen molar-refractivity contribution in [3.63, 3.8) is 0 Å². The summed E-state index contributed by atoms with van der Waals surface area (Å²) < 4.78 is 14.0. The molecule has 0 bridgehead atoms. The van der Waals surface area contributed by atoms with Crippen molar-refractivity contribution < 1.29 is 14.0 Å². The maximum absolute atomic E-state index is 14.0. The largest absolute Gasteiger partial charge is 0.382 e. The Bertz CT molecular complexity index is 1160. The molecule has 4 N–H and O–H groups in total. The molecule has 9 heteroatoms. The van der Waals surface area contributed by atoms with Crippen molar-refractivity contribution in [1.82, 2.24) is 15.2 Å². The molecule has 166 valence electrons. The molecule has 1 aliphatic rings. The van der Waals surface area contributed by atoms with Crippen molar-refractivity contribution in [2.45, 2.75) is 18.4 Å². The molecule has 1 saturated carbocycles. The minimum Gasteiger partial charge on any atom is -0.382 e. The average molecular weight is 454 g/mol.